The number of aryl methyl sites for hydroxylation is 2. The first-order chi connectivity index (χ1) is 7.99. The van der Waals surface area contributed by atoms with E-state index in [9.17, 15) is 4.39 Å². The lowest BCUT2D eigenvalue weighted by Gasteiger charge is -2.11. The Hall–Kier alpha value is -1.54. The Bertz CT molecular complexity index is 555. The molecule has 1 nitrogen and oxygen atoms in total. The molecule has 2 rings (SSSR count). The molecule has 0 radical (unpaired) electrons. The molecule has 88 valence electrons. The average Bonchev–Trinajstić information content (AvgIpc) is 2.21. The summed E-state index contributed by atoms with van der Waals surface area (Å²) in [6, 6.07) is 8.51. The van der Waals surface area contributed by atoms with Crippen molar-refractivity contribution in [2.45, 2.75) is 13.8 Å². The monoisotopic (exact) mass is 249 g/mol. The van der Waals surface area contributed by atoms with Crippen molar-refractivity contribution in [1.82, 2.24) is 0 Å². The average molecular weight is 250 g/mol. The molecule has 2 N–H and O–H groups in total. The van der Waals surface area contributed by atoms with Crippen LogP contribution in [0.2, 0.25) is 5.02 Å². The van der Waals surface area contributed by atoms with Gasteiger partial charge in [-0.05, 0) is 60.4 Å². The van der Waals surface area contributed by atoms with Crippen LogP contribution >= 0.6 is 11.6 Å². The molecule has 0 unspecified atom stereocenters. The van der Waals surface area contributed by atoms with E-state index < -0.39 is 0 Å². The van der Waals surface area contributed by atoms with Gasteiger partial charge >= 0.3 is 0 Å². The third-order valence-electron chi connectivity index (χ3n) is 2.79. The molecule has 0 fully saturated rings. The quantitative estimate of drug-likeness (QED) is 0.748. The summed E-state index contributed by atoms with van der Waals surface area (Å²) in [4.78, 5) is 0. The van der Waals surface area contributed by atoms with E-state index in [1.165, 1.54) is 12.1 Å². The Morgan fingerprint density at radius 1 is 1.06 bits per heavy atom. The minimum absolute atomic E-state index is 0.217. The summed E-state index contributed by atoms with van der Waals surface area (Å²) in [5, 5.41) is 0.519. The zero-order valence-corrected chi connectivity index (χ0v) is 10.5. The number of nitrogen functional groups attached to an aromatic ring is 1. The summed E-state index contributed by atoms with van der Waals surface area (Å²) in [7, 11) is 0. The van der Waals surface area contributed by atoms with E-state index in [0.29, 0.717) is 10.7 Å². The Kier molecular flexibility index (Phi) is 3.07. The highest BCUT2D eigenvalue weighted by atomic mass is 35.5. The van der Waals surface area contributed by atoms with Gasteiger partial charge in [0.2, 0.25) is 0 Å². The number of hydrogen-bond acceptors (Lipinski definition) is 1. The van der Waals surface area contributed by atoms with Crippen LogP contribution in [0.5, 0.6) is 0 Å². The summed E-state index contributed by atoms with van der Waals surface area (Å²) in [6.07, 6.45) is 0. The first kappa shape index (κ1) is 11.9. The maximum absolute atomic E-state index is 13.2. The van der Waals surface area contributed by atoms with E-state index in [0.717, 1.165) is 22.3 Å². The molecule has 0 saturated carbocycles. The third kappa shape index (κ3) is 2.27. The molecule has 0 saturated heterocycles. The summed E-state index contributed by atoms with van der Waals surface area (Å²) in [5.74, 6) is -0.217. The van der Waals surface area contributed by atoms with Gasteiger partial charge in [0.1, 0.15) is 5.82 Å². The fourth-order valence-corrected chi connectivity index (χ4v) is 2.23. The van der Waals surface area contributed by atoms with E-state index in [1.54, 1.807) is 6.07 Å². The van der Waals surface area contributed by atoms with Crippen molar-refractivity contribution in [2.24, 2.45) is 0 Å². The van der Waals surface area contributed by atoms with Gasteiger partial charge in [-0.15, -0.1) is 0 Å². The Morgan fingerprint density at radius 3 is 2.18 bits per heavy atom. The van der Waals surface area contributed by atoms with Crippen molar-refractivity contribution in [2.75, 3.05) is 5.73 Å². The number of nitrogens with two attached hydrogens (primary N) is 1. The maximum atomic E-state index is 13.2. The van der Waals surface area contributed by atoms with Crippen molar-refractivity contribution >= 4 is 17.3 Å². The van der Waals surface area contributed by atoms with E-state index in [2.05, 4.69) is 0 Å². The van der Waals surface area contributed by atoms with E-state index in [4.69, 9.17) is 17.3 Å². The lowest BCUT2D eigenvalue weighted by atomic mass is 9.95. The normalized spacial score (nSPS) is 10.6. The van der Waals surface area contributed by atoms with Crippen LogP contribution in [0.15, 0.2) is 30.3 Å². The number of anilines is 1. The molecule has 0 aliphatic carbocycles. The highest BCUT2D eigenvalue weighted by molar-refractivity contribution is 6.33. The fourth-order valence-electron chi connectivity index (χ4n) is 2.05. The van der Waals surface area contributed by atoms with Gasteiger partial charge in [0.15, 0.2) is 0 Å². The zero-order chi connectivity index (χ0) is 12.6. The van der Waals surface area contributed by atoms with Crippen molar-refractivity contribution in [1.29, 1.82) is 0 Å². The van der Waals surface area contributed by atoms with Crippen LogP contribution in [-0.2, 0) is 0 Å². The summed E-state index contributed by atoms with van der Waals surface area (Å²) in [6.45, 7) is 3.77. The SMILES string of the molecule is Cc1cc(F)cc(C)c1-c1ccc(N)c(Cl)c1. The summed E-state index contributed by atoms with van der Waals surface area (Å²) < 4.78 is 13.2. The second kappa shape index (κ2) is 4.38. The van der Waals surface area contributed by atoms with E-state index in [-0.39, 0.29) is 5.82 Å². The molecule has 0 bridgehead atoms. The van der Waals surface area contributed by atoms with E-state index >= 15 is 0 Å². The van der Waals surface area contributed by atoms with Crippen LogP contribution in [0.3, 0.4) is 0 Å². The van der Waals surface area contributed by atoms with Gasteiger partial charge in [0, 0.05) is 0 Å². The second-order valence-electron chi connectivity index (χ2n) is 4.15. The van der Waals surface area contributed by atoms with Crippen LogP contribution < -0.4 is 5.73 Å². The van der Waals surface area contributed by atoms with Gasteiger partial charge < -0.3 is 5.73 Å². The van der Waals surface area contributed by atoms with Gasteiger partial charge in [-0.3, -0.25) is 0 Å². The minimum Gasteiger partial charge on any atom is -0.398 e. The number of halogens is 2. The molecule has 0 amide bonds. The molecular weight excluding hydrogens is 237 g/mol. The fraction of sp³-hybridized carbons (Fsp3) is 0.143. The zero-order valence-electron chi connectivity index (χ0n) is 9.72. The van der Waals surface area contributed by atoms with Crippen molar-refractivity contribution in [3.8, 4) is 11.1 Å². The van der Waals surface area contributed by atoms with Crippen LogP contribution in [0, 0.1) is 19.7 Å². The number of hydrogen-bond donors (Lipinski definition) is 1. The largest absolute Gasteiger partial charge is 0.398 e. The highest BCUT2D eigenvalue weighted by Gasteiger charge is 2.09. The smallest absolute Gasteiger partial charge is 0.123 e. The molecule has 0 heterocycles. The van der Waals surface area contributed by atoms with E-state index in [1.807, 2.05) is 26.0 Å². The summed E-state index contributed by atoms with van der Waals surface area (Å²) >= 11 is 6.00. The first-order valence-electron chi connectivity index (χ1n) is 5.31. The van der Waals surface area contributed by atoms with Crippen LogP contribution in [0.25, 0.3) is 11.1 Å². The molecule has 0 atom stereocenters. The van der Waals surface area contributed by atoms with Crippen LogP contribution in [0.4, 0.5) is 10.1 Å². The molecule has 0 aromatic heterocycles. The predicted molar refractivity (Wildman–Crippen MR) is 70.7 cm³/mol. The van der Waals surface area contributed by atoms with Gasteiger partial charge in [-0.2, -0.15) is 0 Å². The lowest BCUT2D eigenvalue weighted by molar-refractivity contribution is 0.625. The van der Waals surface area contributed by atoms with Gasteiger partial charge in [0.25, 0.3) is 0 Å². The Balaban J connectivity index is 2.64. The van der Waals surface area contributed by atoms with Crippen molar-refractivity contribution in [3.63, 3.8) is 0 Å². The number of benzene rings is 2. The number of rotatable bonds is 1. The maximum Gasteiger partial charge on any atom is 0.123 e. The Morgan fingerprint density at radius 2 is 1.65 bits per heavy atom. The third-order valence-corrected chi connectivity index (χ3v) is 3.11. The van der Waals surface area contributed by atoms with Crippen LogP contribution in [-0.4, -0.2) is 0 Å². The van der Waals surface area contributed by atoms with Crippen molar-refractivity contribution < 1.29 is 4.39 Å². The molecule has 0 aliphatic rings. The molecule has 2 aromatic rings. The van der Waals surface area contributed by atoms with Crippen molar-refractivity contribution in [3.05, 3.63) is 52.3 Å². The first-order valence-corrected chi connectivity index (χ1v) is 5.69. The molecule has 2 aromatic carbocycles. The van der Waals surface area contributed by atoms with Gasteiger partial charge in [-0.25, -0.2) is 4.39 Å². The van der Waals surface area contributed by atoms with Gasteiger partial charge in [-0.1, -0.05) is 17.7 Å². The minimum atomic E-state index is -0.217. The predicted octanol–water partition coefficient (Wildman–Crippen LogP) is 4.35. The molecule has 0 spiro atoms. The Labute approximate surface area is 105 Å². The molecule has 0 aliphatic heterocycles. The standard InChI is InChI=1S/C14H13ClFN/c1-8-5-11(16)6-9(2)14(8)10-3-4-13(17)12(15)7-10/h3-7H,17H2,1-2H3. The van der Waals surface area contributed by atoms with Gasteiger partial charge in [0.05, 0.1) is 10.7 Å². The highest BCUT2D eigenvalue weighted by Crippen LogP contribution is 2.31. The molecular formula is C14H13ClFN. The molecule has 3 heteroatoms. The second-order valence-corrected chi connectivity index (χ2v) is 4.56. The topological polar surface area (TPSA) is 26.0 Å². The van der Waals surface area contributed by atoms with Crippen LogP contribution in [0.1, 0.15) is 11.1 Å². The lowest BCUT2D eigenvalue weighted by Crippen LogP contribution is -1.92. The summed E-state index contributed by atoms with van der Waals surface area (Å²) in [5.41, 5.74) is 9.97. The molecule has 17 heavy (non-hydrogen) atoms.